The van der Waals surface area contributed by atoms with Gasteiger partial charge < -0.3 is 15.5 Å². The molecule has 2 unspecified atom stereocenters. The number of nitrogens with zero attached hydrogens (tertiary/aromatic N) is 5. The molecular weight excluding hydrogens is 485 g/mol. The SMILES string of the molecule is Nc1ncc(-c2cc3n(n2)CCOC32CCN(C(c3ncc[nH]3)C3CC(F)(F)C3)C2)cc1C(F)(F)F. The molecule has 2 atom stereocenters. The monoisotopic (exact) mass is 509 g/mol. The van der Waals surface area contributed by atoms with Crippen molar-refractivity contribution in [3.8, 4) is 11.3 Å². The second kappa shape index (κ2) is 7.97. The van der Waals surface area contributed by atoms with Crippen LogP contribution < -0.4 is 5.73 Å². The Morgan fingerprint density at radius 1 is 1.17 bits per heavy atom. The third kappa shape index (κ3) is 3.84. The Hall–Kier alpha value is -3.06. The first-order valence-electron chi connectivity index (χ1n) is 11.7. The van der Waals surface area contributed by atoms with E-state index in [9.17, 15) is 22.0 Å². The summed E-state index contributed by atoms with van der Waals surface area (Å²) in [7, 11) is 0. The molecule has 1 aliphatic carbocycles. The number of aromatic nitrogens is 5. The number of rotatable bonds is 4. The predicted molar refractivity (Wildman–Crippen MR) is 118 cm³/mol. The molecule has 3 aromatic rings. The molecule has 192 valence electrons. The lowest BCUT2D eigenvalue weighted by molar-refractivity contribution is -0.137. The van der Waals surface area contributed by atoms with Gasteiger partial charge in [-0.2, -0.15) is 18.3 Å². The molecule has 8 nitrogen and oxygen atoms in total. The van der Waals surface area contributed by atoms with Gasteiger partial charge in [-0.3, -0.25) is 9.58 Å². The average Bonchev–Trinajstić information content (AvgIpc) is 3.54. The smallest absolute Gasteiger partial charge is 0.383 e. The number of likely N-dealkylation sites (tertiary alicyclic amines) is 1. The van der Waals surface area contributed by atoms with Gasteiger partial charge >= 0.3 is 6.18 Å². The van der Waals surface area contributed by atoms with Gasteiger partial charge in [-0.15, -0.1) is 0 Å². The van der Waals surface area contributed by atoms with Crippen molar-refractivity contribution in [2.75, 3.05) is 25.4 Å². The highest BCUT2D eigenvalue weighted by Crippen LogP contribution is 2.52. The number of hydrogen-bond acceptors (Lipinski definition) is 6. The molecule has 3 aliphatic rings. The Balaban J connectivity index is 1.31. The van der Waals surface area contributed by atoms with E-state index in [1.54, 1.807) is 23.1 Å². The quantitative estimate of drug-likeness (QED) is 0.517. The van der Waals surface area contributed by atoms with Gasteiger partial charge in [-0.1, -0.05) is 0 Å². The maximum Gasteiger partial charge on any atom is 0.419 e. The van der Waals surface area contributed by atoms with E-state index in [4.69, 9.17) is 10.5 Å². The molecule has 0 radical (unpaired) electrons. The Morgan fingerprint density at radius 2 is 1.97 bits per heavy atom. The predicted octanol–water partition coefficient (Wildman–Crippen LogP) is 3.99. The van der Waals surface area contributed by atoms with Crippen LogP contribution >= 0.6 is 0 Å². The van der Waals surface area contributed by atoms with Crippen molar-refractivity contribution in [2.45, 2.75) is 49.5 Å². The molecule has 0 amide bonds. The van der Waals surface area contributed by atoms with Crippen LogP contribution in [0.1, 0.15) is 42.4 Å². The Labute approximate surface area is 202 Å². The fourth-order valence-electron chi connectivity index (χ4n) is 5.78. The van der Waals surface area contributed by atoms with E-state index in [2.05, 4.69) is 25.0 Å². The highest BCUT2D eigenvalue weighted by molar-refractivity contribution is 5.63. The van der Waals surface area contributed by atoms with Crippen molar-refractivity contribution < 1.29 is 26.7 Å². The first kappa shape index (κ1) is 23.3. The molecule has 36 heavy (non-hydrogen) atoms. The maximum atomic E-state index is 13.7. The van der Waals surface area contributed by atoms with E-state index in [0.29, 0.717) is 44.2 Å². The van der Waals surface area contributed by atoms with E-state index in [0.717, 1.165) is 11.8 Å². The van der Waals surface area contributed by atoms with Gasteiger partial charge in [0.15, 0.2) is 0 Å². The van der Waals surface area contributed by atoms with Crippen molar-refractivity contribution in [3.05, 3.63) is 47.8 Å². The number of ether oxygens (including phenoxy) is 1. The average molecular weight is 509 g/mol. The zero-order valence-electron chi connectivity index (χ0n) is 19.1. The molecule has 0 bridgehead atoms. The van der Waals surface area contributed by atoms with Crippen LogP contribution in [-0.4, -0.2) is 55.3 Å². The maximum absolute atomic E-state index is 13.7. The fraction of sp³-hybridized carbons (Fsp3) is 0.522. The van der Waals surface area contributed by atoms with Crippen LogP contribution in [0, 0.1) is 5.92 Å². The Morgan fingerprint density at radius 3 is 2.67 bits per heavy atom. The van der Waals surface area contributed by atoms with Gasteiger partial charge in [-0.05, 0) is 24.5 Å². The lowest BCUT2D eigenvalue weighted by Crippen LogP contribution is -2.46. The Bertz CT molecular complexity index is 1270. The van der Waals surface area contributed by atoms with Gasteiger partial charge in [0.1, 0.15) is 17.2 Å². The van der Waals surface area contributed by atoms with Crippen molar-refractivity contribution in [2.24, 2.45) is 5.92 Å². The molecule has 2 aliphatic heterocycles. The fourth-order valence-corrected chi connectivity index (χ4v) is 5.78. The van der Waals surface area contributed by atoms with Crippen LogP contribution in [0.4, 0.5) is 27.8 Å². The molecule has 13 heteroatoms. The molecule has 5 heterocycles. The minimum atomic E-state index is -4.64. The van der Waals surface area contributed by atoms with Crippen molar-refractivity contribution in [3.63, 3.8) is 0 Å². The van der Waals surface area contributed by atoms with Gasteiger partial charge in [0, 0.05) is 50.1 Å². The summed E-state index contributed by atoms with van der Waals surface area (Å²) in [4.78, 5) is 13.3. The molecule has 1 saturated carbocycles. The summed E-state index contributed by atoms with van der Waals surface area (Å²) in [5.41, 5.74) is 4.97. The molecule has 1 saturated heterocycles. The molecule has 3 aromatic heterocycles. The number of hydrogen-bond donors (Lipinski definition) is 2. The van der Waals surface area contributed by atoms with Crippen molar-refractivity contribution in [1.29, 1.82) is 0 Å². The van der Waals surface area contributed by atoms with Crippen LogP contribution in [0.15, 0.2) is 30.7 Å². The standard InChI is InChI=1S/C23H24F5N7O/c24-22(25)9-14(10-22)18(20-30-2-3-31-20)34-4-1-21(12-34)17-8-16(33-35(17)5-6-36-21)13-7-15(23(26,27)28)19(29)32-11-13/h2-3,7-8,11,14,18H,1,4-6,9-10,12H2,(H2,29,32)(H,30,31). The highest BCUT2D eigenvalue weighted by atomic mass is 19.4. The minimum absolute atomic E-state index is 0.198. The molecule has 2 fully saturated rings. The van der Waals surface area contributed by atoms with Gasteiger partial charge in [0.05, 0.1) is 36.1 Å². The van der Waals surface area contributed by atoms with E-state index >= 15 is 0 Å². The number of pyridine rings is 1. The third-order valence-corrected chi connectivity index (χ3v) is 7.47. The number of halogens is 5. The summed E-state index contributed by atoms with van der Waals surface area (Å²) in [6, 6.07) is 2.38. The van der Waals surface area contributed by atoms with Gasteiger partial charge in [0.25, 0.3) is 0 Å². The van der Waals surface area contributed by atoms with Crippen LogP contribution in [0.25, 0.3) is 11.3 Å². The van der Waals surface area contributed by atoms with E-state index in [1.165, 1.54) is 6.20 Å². The minimum Gasteiger partial charge on any atom is -0.383 e. The van der Waals surface area contributed by atoms with E-state index in [1.807, 2.05) is 0 Å². The Kier molecular flexibility index (Phi) is 5.17. The zero-order valence-corrected chi connectivity index (χ0v) is 19.1. The number of anilines is 1. The van der Waals surface area contributed by atoms with Crippen LogP contribution in [0.2, 0.25) is 0 Å². The number of nitrogens with one attached hydrogen (secondary N) is 1. The first-order valence-corrected chi connectivity index (χ1v) is 11.7. The van der Waals surface area contributed by atoms with E-state index in [-0.39, 0.29) is 30.4 Å². The molecule has 6 rings (SSSR count). The van der Waals surface area contributed by atoms with Crippen LogP contribution in [0.3, 0.4) is 0 Å². The van der Waals surface area contributed by atoms with Gasteiger partial charge in [-0.25, -0.2) is 18.7 Å². The van der Waals surface area contributed by atoms with Crippen molar-refractivity contribution in [1.82, 2.24) is 29.6 Å². The number of H-pyrrole nitrogens is 1. The molecule has 3 N–H and O–H groups in total. The summed E-state index contributed by atoms with van der Waals surface area (Å²) < 4.78 is 75.6. The summed E-state index contributed by atoms with van der Waals surface area (Å²) in [5, 5.41) is 4.55. The number of imidazole rings is 1. The van der Waals surface area contributed by atoms with E-state index < -0.39 is 29.1 Å². The lowest BCUT2D eigenvalue weighted by atomic mass is 9.75. The van der Waals surface area contributed by atoms with Gasteiger partial charge in [0.2, 0.25) is 5.92 Å². The van der Waals surface area contributed by atoms with Crippen LogP contribution in [-0.2, 0) is 23.1 Å². The number of aromatic amines is 1. The lowest BCUT2D eigenvalue weighted by Gasteiger charge is -2.43. The van der Waals surface area contributed by atoms with Crippen LogP contribution in [0.5, 0.6) is 0 Å². The normalized spacial score (nSPS) is 25.1. The first-order chi connectivity index (χ1) is 17.0. The second-order valence-corrected chi connectivity index (χ2v) is 9.80. The summed E-state index contributed by atoms with van der Waals surface area (Å²) in [6.45, 7) is 1.85. The number of nitrogens with two attached hydrogens (primary N) is 1. The summed E-state index contributed by atoms with van der Waals surface area (Å²) in [6.07, 6.45) is 0.122. The topological polar surface area (TPSA) is 97.9 Å². The number of fused-ring (bicyclic) bond motifs is 2. The summed E-state index contributed by atoms with van der Waals surface area (Å²) >= 11 is 0. The number of nitrogen functional groups attached to an aromatic ring is 1. The molecular formula is C23H24F5N7O. The largest absolute Gasteiger partial charge is 0.419 e. The molecule has 0 aromatic carbocycles. The van der Waals surface area contributed by atoms with Crippen molar-refractivity contribution >= 4 is 5.82 Å². The third-order valence-electron chi connectivity index (χ3n) is 7.47. The second-order valence-electron chi connectivity index (χ2n) is 9.80. The summed E-state index contributed by atoms with van der Waals surface area (Å²) in [5.74, 6) is -2.85. The zero-order chi connectivity index (χ0) is 25.3. The highest BCUT2D eigenvalue weighted by Gasteiger charge is 2.54. The number of alkyl halides is 5. The molecule has 1 spiro atoms.